The Hall–Kier alpha value is -1.86. The Labute approximate surface area is 104 Å². The topological polar surface area (TPSA) is 87.1 Å². The third kappa shape index (κ3) is 2.88. The number of hydrogen-bond acceptors (Lipinski definition) is 5. The average molecular weight is 249 g/mol. The van der Waals surface area contributed by atoms with Crippen LogP contribution in [0.4, 0.5) is 0 Å². The summed E-state index contributed by atoms with van der Waals surface area (Å²) in [5.41, 5.74) is 0.776. The quantitative estimate of drug-likeness (QED) is 0.564. The lowest BCUT2D eigenvalue weighted by molar-refractivity contribution is -0.139. The number of rotatable bonds is 4. The van der Waals surface area contributed by atoms with Gasteiger partial charge in [-0.1, -0.05) is 12.1 Å². The zero-order valence-electron chi connectivity index (χ0n) is 9.57. The van der Waals surface area contributed by atoms with Crippen LogP contribution in [0.5, 0.6) is 5.75 Å². The van der Waals surface area contributed by atoms with E-state index in [1.54, 1.807) is 24.3 Å². The molecule has 94 valence electrons. The van der Waals surface area contributed by atoms with Gasteiger partial charge in [-0.2, -0.15) is 0 Å². The molecule has 0 aromatic heterocycles. The second-order valence-electron chi connectivity index (χ2n) is 3.96. The van der Waals surface area contributed by atoms with Crippen LogP contribution in [0.15, 0.2) is 24.3 Å². The second-order valence-corrected chi connectivity index (χ2v) is 3.96. The van der Waals surface area contributed by atoms with Crippen molar-refractivity contribution in [3.8, 4) is 5.75 Å². The van der Waals surface area contributed by atoms with E-state index in [0.717, 1.165) is 5.56 Å². The molecule has 0 saturated carbocycles. The number of imide groups is 1. The SMILES string of the molecule is O=C1CCC(=O)N1Cc1ccc(OB(O)O)cc1. The van der Waals surface area contributed by atoms with Crippen LogP contribution in [0, 0.1) is 0 Å². The van der Waals surface area contributed by atoms with Gasteiger partial charge >= 0.3 is 7.32 Å². The molecule has 1 aliphatic heterocycles. The van der Waals surface area contributed by atoms with Gasteiger partial charge in [0.05, 0.1) is 6.54 Å². The fourth-order valence-corrected chi connectivity index (χ4v) is 1.78. The summed E-state index contributed by atoms with van der Waals surface area (Å²) < 4.78 is 4.65. The van der Waals surface area contributed by atoms with Crippen molar-refractivity contribution in [1.82, 2.24) is 4.90 Å². The van der Waals surface area contributed by atoms with Crippen molar-refractivity contribution in [2.75, 3.05) is 0 Å². The van der Waals surface area contributed by atoms with Crippen LogP contribution in [0.1, 0.15) is 18.4 Å². The summed E-state index contributed by atoms with van der Waals surface area (Å²) in [5.74, 6) is -0.0231. The van der Waals surface area contributed by atoms with Crippen LogP contribution in [-0.2, 0) is 16.1 Å². The molecular formula is C11H12BNO5. The van der Waals surface area contributed by atoms with E-state index in [9.17, 15) is 9.59 Å². The minimum atomic E-state index is -1.86. The predicted molar refractivity (Wildman–Crippen MR) is 62.1 cm³/mol. The van der Waals surface area contributed by atoms with Crippen molar-refractivity contribution in [2.24, 2.45) is 0 Å². The average Bonchev–Trinajstić information content (AvgIpc) is 2.63. The first kappa shape index (κ1) is 12.6. The van der Waals surface area contributed by atoms with Crippen molar-refractivity contribution in [2.45, 2.75) is 19.4 Å². The fourth-order valence-electron chi connectivity index (χ4n) is 1.78. The number of amides is 2. The first-order valence-electron chi connectivity index (χ1n) is 5.51. The number of carbonyl (C=O) groups is 2. The molecule has 0 unspecified atom stereocenters. The molecule has 7 heteroatoms. The summed E-state index contributed by atoms with van der Waals surface area (Å²) >= 11 is 0. The van der Waals surface area contributed by atoms with Crippen molar-refractivity contribution in [1.29, 1.82) is 0 Å². The molecule has 1 aromatic carbocycles. The second kappa shape index (κ2) is 5.20. The maximum atomic E-state index is 11.4. The maximum Gasteiger partial charge on any atom is 0.707 e. The number of benzene rings is 1. The van der Waals surface area contributed by atoms with E-state index in [0.29, 0.717) is 5.75 Å². The summed E-state index contributed by atoms with van der Waals surface area (Å²) in [7, 11) is -1.86. The fraction of sp³-hybridized carbons (Fsp3) is 0.273. The molecule has 18 heavy (non-hydrogen) atoms. The first-order valence-corrected chi connectivity index (χ1v) is 5.51. The molecule has 0 atom stereocenters. The van der Waals surface area contributed by atoms with Crippen LogP contribution < -0.4 is 4.65 Å². The minimum Gasteiger partial charge on any atom is -0.512 e. The van der Waals surface area contributed by atoms with Gasteiger partial charge in [0.2, 0.25) is 11.8 Å². The molecule has 1 aromatic rings. The normalized spacial score (nSPS) is 15.1. The van der Waals surface area contributed by atoms with Gasteiger partial charge in [0.25, 0.3) is 0 Å². The van der Waals surface area contributed by atoms with Crippen LogP contribution >= 0.6 is 0 Å². The van der Waals surface area contributed by atoms with Gasteiger partial charge in [0.15, 0.2) is 0 Å². The minimum absolute atomic E-state index is 0.161. The number of nitrogens with zero attached hydrogens (tertiary/aromatic N) is 1. The van der Waals surface area contributed by atoms with Gasteiger partial charge in [-0.3, -0.25) is 14.5 Å². The summed E-state index contributed by atoms with van der Waals surface area (Å²) in [4.78, 5) is 24.1. The molecule has 0 bridgehead atoms. The van der Waals surface area contributed by atoms with E-state index >= 15 is 0 Å². The highest BCUT2D eigenvalue weighted by Crippen LogP contribution is 2.18. The Kier molecular flexibility index (Phi) is 3.64. The lowest BCUT2D eigenvalue weighted by Gasteiger charge is -2.14. The van der Waals surface area contributed by atoms with Gasteiger partial charge in [-0.25, -0.2) is 0 Å². The molecule has 1 heterocycles. The number of hydrogen-bond donors (Lipinski definition) is 2. The van der Waals surface area contributed by atoms with E-state index in [2.05, 4.69) is 4.65 Å². The lowest BCUT2D eigenvalue weighted by atomic mass is 10.2. The molecule has 1 saturated heterocycles. The van der Waals surface area contributed by atoms with Crippen LogP contribution in [0.2, 0.25) is 0 Å². The molecular weight excluding hydrogens is 237 g/mol. The molecule has 6 nitrogen and oxygen atoms in total. The predicted octanol–water partition coefficient (Wildman–Crippen LogP) is -0.316. The van der Waals surface area contributed by atoms with Crippen LogP contribution in [0.3, 0.4) is 0 Å². The van der Waals surface area contributed by atoms with Crippen molar-refractivity contribution in [3.63, 3.8) is 0 Å². The summed E-state index contributed by atoms with van der Waals surface area (Å²) in [6.45, 7) is 0.236. The number of likely N-dealkylation sites (tertiary alicyclic amines) is 1. The summed E-state index contributed by atoms with van der Waals surface area (Å²) in [6.07, 6.45) is 0.549. The van der Waals surface area contributed by atoms with Crippen molar-refractivity contribution >= 4 is 19.1 Å². The van der Waals surface area contributed by atoms with Crippen LogP contribution in [0.25, 0.3) is 0 Å². The molecule has 2 amide bonds. The van der Waals surface area contributed by atoms with Crippen LogP contribution in [-0.4, -0.2) is 34.1 Å². The summed E-state index contributed by atoms with van der Waals surface area (Å²) in [5, 5.41) is 17.2. The van der Waals surface area contributed by atoms with Gasteiger partial charge in [0.1, 0.15) is 5.75 Å². The summed E-state index contributed by atoms with van der Waals surface area (Å²) in [6, 6.07) is 6.41. The highest BCUT2D eigenvalue weighted by Gasteiger charge is 2.28. The molecule has 0 spiro atoms. The molecule has 0 radical (unpaired) electrons. The maximum absolute atomic E-state index is 11.4. The van der Waals surface area contributed by atoms with Crippen molar-refractivity contribution < 1.29 is 24.3 Å². The molecule has 1 aliphatic rings. The van der Waals surface area contributed by atoms with Gasteiger partial charge in [0, 0.05) is 12.8 Å². The molecule has 2 rings (SSSR count). The van der Waals surface area contributed by atoms with Gasteiger partial charge < -0.3 is 14.7 Å². The van der Waals surface area contributed by atoms with E-state index in [1.165, 1.54) is 4.90 Å². The Morgan fingerprint density at radius 1 is 1.11 bits per heavy atom. The molecule has 1 fully saturated rings. The van der Waals surface area contributed by atoms with Gasteiger partial charge in [-0.05, 0) is 17.7 Å². The lowest BCUT2D eigenvalue weighted by Crippen LogP contribution is -2.28. The third-order valence-electron chi connectivity index (χ3n) is 2.66. The molecule has 0 aliphatic carbocycles. The zero-order chi connectivity index (χ0) is 13.1. The largest absolute Gasteiger partial charge is 0.707 e. The smallest absolute Gasteiger partial charge is 0.512 e. The van der Waals surface area contributed by atoms with E-state index < -0.39 is 7.32 Å². The zero-order valence-corrected chi connectivity index (χ0v) is 9.57. The van der Waals surface area contributed by atoms with E-state index in [4.69, 9.17) is 10.0 Å². The Bertz CT molecular complexity index is 443. The van der Waals surface area contributed by atoms with E-state index in [1.807, 2.05) is 0 Å². The third-order valence-corrected chi connectivity index (χ3v) is 2.66. The number of carbonyl (C=O) groups excluding carboxylic acids is 2. The Morgan fingerprint density at radius 3 is 2.17 bits per heavy atom. The van der Waals surface area contributed by atoms with E-state index in [-0.39, 0.29) is 31.2 Å². The highest BCUT2D eigenvalue weighted by molar-refractivity contribution is 6.33. The van der Waals surface area contributed by atoms with Gasteiger partial charge in [-0.15, -0.1) is 0 Å². The monoisotopic (exact) mass is 249 g/mol. The Morgan fingerprint density at radius 2 is 1.67 bits per heavy atom. The molecule has 2 N–H and O–H groups in total. The Balaban J connectivity index is 2.02. The van der Waals surface area contributed by atoms with Crippen molar-refractivity contribution in [3.05, 3.63) is 29.8 Å². The first-order chi connectivity index (χ1) is 8.56. The highest BCUT2D eigenvalue weighted by atomic mass is 16.6. The standard InChI is InChI=1S/C11H12BNO5/c14-10-5-6-11(15)13(10)7-8-1-3-9(4-2-8)18-12(16)17/h1-4,16-17H,5-7H2.